The summed E-state index contributed by atoms with van der Waals surface area (Å²) in [5, 5.41) is 3.63. The molecule has 27 heavy (non-hydrogen) atoms. The number of anilines is 3. The highest BCUT2D eigenvalue weighted by Crippen LogP contribution is 2.32. The quantitative estimate of drug-likeness (QED) is 0.512. The van der Waals surface area contributed by atoms with Crippen LogP contribution in [-0.4, -0.2) is 15.0 Å². The molecule has 0 aliphatic rings. The molecule has 0 atom stereocenters. The molecule has 9 heteroatoms. The molecule has 3 N–H and O–H groups in total. The van der Waals surface area contributed by atoms with Crippen molar-refractivity contribution in [2.45, 2.75) is 6.18 Å². The monoisotopic (exact) mass is 387 g/mol. The first kappa shape index (κ1) is 17.2. The van der Waals surface area contributed by atoms with Gasteiger partial charge in [0, 0.05) is 11.6 Å². The fourth-order valence-electron chi connectivity index (χ4n) is 2.62. The largest absolute Gasteiger partial charge is 0.416 e. The van der Waals surface area contributed by atoms with Crippen LogP contribution in [-0.2, 0) is 6.18 Å². The summed E-state index contributed by atoms with van der Waals surface area (Å²) < 4.78 is 39.1. The molecule has 0 radical (unpaired) electrons. The van der Waals surface area contributed by atoms with Crippen molar-refractivity contribution < 1.29 is 13.2 Å². The number of nitrogens with zero attached hydrogens (tertiary/aromatic N) is 3. The molecule has 5 nitrogen and oxygen atoms in total. The maximum atomic E-state index is 12.7. The molecular weight excluding hydrogens is 375 g/mol. The van der Waals surface area contributed by atoms with E-state index in [9.17, 15) is 13.2 Å². The van der Waals surface area contributed by atoms with Gasteiger partial charge in [-0.25, -0.2) is 15.0 Å². The number of thiazole rings is 1. The van der Waals surface area contributed by atoms with E-state index < -0.39 is 11.7 Å². The van der Waals surface area contributed by atoms with Crippen molar-refractivity contribution >= 4 is 38.2 Å². The third-order valence-corrected chi connectivity index (χ3v) is 4.72. The molecule has 0 fully saturated rings. The van der Waals surface area contributed by atoms with Crippen LogP contribution in [0.3, 0.4) is 0 Å². The molecular formula is C18H12F3N5S. The first-order chi connectivity index (χ1) is 12.9. The summed E-state index contributed by atoms with van der Waals surface area (Å²) in [7, 11) is 0. The molecule has 2 aromatic heterocycles. The highest BCUT2D eigenvalue weighted by molar-refractivity contribution is 7.22. The van der Waals surface area contributed by atoms with Gasteiger partial charge in [-0.05, 0) is 24.3 Å². The third kappa shape index (κ3) is 3.54. The van der Waals surface area contributed by atoms with E-state index >= 15 is 0 Å². The molecule has 0 spiro atoms. The van der Waals surface area contributed by atoms with Gasteiger partial charge < -0.3 is 11.1 Å². The van der Waals surface area contributed by atoms with E-state index in [1.165, 1.54) is 29.8 Å². The number of hydrogen-bond donors (Lipinski definition) is 2. The molecule has 2 heterocycles. The Kier molecular flexibility index (Phi) is 4.15. The Balaban J connectivity index is 1.64. The summed E-state index contributed by atoms with van der Waals surface area (Å²) in [6.07, 6.45) is -3.02. The fourth-order valence-corrected chi connectivity index (χ4v) is 3.38. The van der Waals surface area contributed by atoms with Crippen LogP contribution >= 0.6 is 11.3 Å². The third-order valence-electron chi connectivity index (χ3n) is 3.87. The van der Waals surface area contributed by atoms with E-state index in [1.54, 1.807) is 6.07 Å². The Bertz CT molecular complexity index is 1110. The molecule has 0 aliphatic heterocycles. The van der Waals surface area contributed by atoms with Crippen LogP contribution in [0, 0.1) is 0 Å². The number of alkyl halides is 3. The highest BCUT2D eigenvalue weighted by Gasteiger charge is 2.30. The lowest BCUT2D eigenvalue weighted by molar-refractivity contribution is -0.137. The minimum atomic E-state index is -4.37. The summed E-state index contributed by atoms with van der Waals surface area (Å²) in [5.41, 5.74) is 7.60. The van der Waals surface area contributed by atoms with Crippen LogP contribution in [0.1, 0.15) is 5.56 Å². The predicted molar refractivity (Wildman–Crippen MR) is 99.8 cm³/mol. The first-order valence-electron chi connectivity index (χ1n) is 7.82. The molecule has 0 bridgehead atoms. The molecule has 0 aliphatic carbocycles. The minimum Gasteiger partial charge on any atom is -0.375 e. The topological polar surface area (TPSA) is 76.7 Å². The number of benzene rings is 2. The van der Waals surface area contributed by atoms with Crippen LogP contribution in [0.15, 0.2) is 54.9 Å². The maximum Gasteiger partial charge on any atom is 0.416 e. The normalized spacial score (nSPS) is 11.7. The van der Waals surface area contributed by atoms with Crippen molar-refractivity contribution in [2.75, 3.05) is 11.1 Å². The molecule has 4 rings (SSSR count). The zero-order valence-electron chi connectivity index (χ0n) is 13.7. The van der Waals surface area contributed by atoms with Crippen molar-refractivity contribution in [3.63, 3.8) is 0 Å². The van der Waals surface area contributed by atoms with Crippen LogP contribution in [0.25, 0.3) is 21.5 Å². The predicted octanol–water partition coefficient (Wildman–Crippen LogP) is 5.10. The second-order valence-electron chi connectivity index (χ2n) is 5.69. The Morgan fingerprint density at radius 3 is 2.52 bits per heavy atom. The first-order valence-corrected chi connectivity index (χ1v) is 8.63. The van der Waals surface area contributed by atoms with E-state index in [1.807, 2.05) is 18.2 Å². The summed E-state index contributed by atoms with van der Waals surface area (Å²) in [4.78, 5) is 12.6. The van der Waals surface area contributed by atoms with Crippen molar-refractivity contribution in [3.8, 4) is 11.3 Å². The Morgan fingerprint density at radius 2 is 1.78 bits per heavy atom. The van der Waals surface area contributed by atoms with Gasteiger partial charge in [0.1, 0.15) is 17.7 Å². The number of para-hydroxylation sites is 1. The van der Waals surface area contributed by atoms with Crippen molar-refractivity contribution in [1.29, 1.82) is 0 Å². The van der Waals surface area contributed by atoms with Crippen molar-refractivity contribution in [3.05, 3.63) is 60.4 Å². The number of nitrogen functional groups attached to an aromatic ring is 1. The lowest BCUT2D eigenvalue weighted by Gasteiger charge is -2.09. The van der Waals surface area contributed by atoms with Crippen molar-refractivity contribution in [2.24, 2.45) is 0 Å². The second-order valence-corrected chi connectivity index (χ2v) is 6.76. The SMILES string of the molecule is Nc1nc2c(Nc3cc(-c4ccc(C(F)(F)F)cc4)ncn3)cccc2s1. The van der Waals surface area contributed by atoms with Gasteiger partial charge in [0.15, 0.2) is 5.13 Å². The van der Waals surface area contributed by atoms with Crippen LogP contribution in [0.5, 0.6) is 0 Å². The molecule has 0 unspecified atom stereocenters. The fraction of sp³-hybridized carbons (Fsp3) is 0.0556. The summed E-state index contributed by atoms with van der Waals surface area (Å²) in [6, 6.07) is 12.1. The number of hydrogen-bond acceptors (Lipinski definition) is 6. The van der Waals surface area contributed by atoms with Crippen molar-refractivity contribution in [1.82, 2.24) is 15.0 Å². The number of nitrogens with one attached hydrogen (secondary N) is 1. The van der Waals surface area contributed by atoms with E-state index in [0.717, 1.165) is 28.0 Å². The van der Waals surface area contributed by atoms with E-state index in [0.29, 0.717) is 22.2 Å². The average Bonchev–Trinajstić information content (AvgIpc) is 3.03. The van der Waals surface area contributed by atoms with Gasteiger partial charge in [0.05, 0.1) is 21.6 Å². The maximum absolute atomic E-state index is 12.7. The van der Waals surface area contributed by atoms with Crippen LogP contribution in [0.2, 0.25) is 0 Å². The Labute approximate surface area is 155 Å². The van der Waals surface area contributed by atoms with E-state index in [4.69, 9.17) is 5.73 Å². The molecule has 0 saturated carbocycles. The molecule has 4 aromatic rings. The van der Waals surface area contributed by atoms with Gasteiger partial charge >= 0.3 is 6.18 Å². The number of nitrogens with two attached hydrogens (primary N) is 1. The summed E-state index contributed by atoms with van der Waals surface area (Å²) in [6.45, 7) is 0. The highest BCUT2D eigenvalue weighted by atomic mass is 32.1. The number of halogens is 3. The van der Waals surface area contributed by atoms with Gasteiger partial charge in [-0.1, -0.05) is 29.5 Å². The Hall–Kier alpha value is -3.20. The number of rotatable bonds is 3. The van der Waals surface area contributed by atoms with Gasteiger partial charge in [-0.2, -0.15) is 13.2 Å². The second kappa shape index (κ2) is 6.51. The van der Waals surface area contributed by atoms with Gasteiger partial charge in [-0.15, -0.1) is 0 Å². The van der Waals surface area contributed by atoms with Gasteiger partial charge in [0.25, 0.3) is 0 Å². The number of fused-ring (bicyclic) bond motifs is 1. The van der Waals surface area contributed by atoms with E-state index in [-0.39, 0.29) is 0 Å². The average molecular weight is 387 g/mol. The summed E-state index contributed by atoms with van der Waals surface area (Å²) in [5.74, 6) is 0.499. The Morgan fingerprint density at radius 1 is 1.00 bits per heavy atom. The molecule has 136 valence electrons. The zero-order chi connectivity index (χ0) is 19.0. The smallest absolute Gasteiger partial charge is 0.375 e. The molecule has 0 amide bonds. The van der Waals surface area contributed by atoms with Gasteiger partial charge in [-0.3, -0.25) is 0 Å². The van der Waals surface area contributed by atoms with Crippen LogP contribution < -0.4 is 11.1 Å². The molecule has 2 aromatic carbocycles. The molecule has 0 saturated heterocycles. The van der Waals surface area contributed by atoms with Gasteiger partial charge in [0.2, 0.25) is 0 Å². The number of aromatic nitrogens is 3. The standard InChI is InChI=1S/C18H12F3N5S/c19-18(20,21)11-6-4-10(5-7-11)13-8-15(24-9-23-13)25-12-2-1-3-14-16(12)26-17(22)27-14/h1-9H,(H2,22,26)(H,23,24,25). The zero-order valence-corrected chi connectivity index (χ0v) is 14.5. The lowest BCUT2D eigenvalue weighted by Crippen LogP contribution is -2.04. The minimum absolute atomic E-state index is 0.465. The summed E-state index contributed by atoms with van der Waals surface area (Å²) >= 11 is 1.38. The van der Waals surface area contributed by atoms with E-state index in [2.05, 4.69) is 20.3 Å². The lowest BCUT2D eigenvalue weighted by atomic mass is 10.1. The van der Waals surface area contributed by atoms with Crippen LogP contribution in [0.4, 0.5) is 29.8 Å².